The molecule has 0 bridgehead atoms. The molecule has 2 rings (SSSR count). The molecular weight excluding hydrogens is 266 g/mol. The Balaban J connectivity index is 2.33. The summed E-state index contributed by atoms with van der Waals surface area (Å²) in [5, 5.41) is 9.00. The molecule has 0 heterocycles. The van der Waals surface area contributed by atoms with E-state index in [0.717, 1.165) is 6.07 Å². The number of rotatable bonds is 4. The molecule has 0 radical (unpaired) electrons. The molecule has 0 aliphatic rings. The average molecular weight is 276 g/mol. The highest BCUT2D eigenvalue weighted by molar-refractivity contribution is 5.99. The Morgan fingerprint density at radius 1 is 0.950 bits per heavy atom. The fourth-order valence-electron chi connectivity index (χ4n) is 1.87. The van der Waals surface area contributed by atoms with Crippen molar-refractivity contribution >= 4 is 11.8 Å². The second kappa shape index (κ2) is 5.61. The smallest absolute Gasteiger partial charge is 0.335 e. The van der Waals surface area contributed by atoms with E-state index in [0.29, 0.717) is 0 Å². The van der Waals surface area contributed by atoms with Crippen LogP contribution < -0.4 is 0 Å². The topological polar surface area (TPSA) is 54.4 Å². The van der Waals surface area contributed by atoms with Gasteiger partial charge in [-0.2, -0.15) is 0 Å². The van der Waals surface area contributed by atoms with Crippen LogP contribution in [-0.4, -0.2) is 16.9 Å². The third-order valence-electron chi connectivity index (χ3n) is 2.85. The lowest BCUT2D eigenvalue weighted by Crippen LogP contribution is -2.11. The van der Waals surface area contributed by atoms with Crippen LogP contribution in [0.1, 0.15) is 26.3 Å². The number of Topliss-reactive ketones (excluding diaryl/α,β-unsaturated/α-hetero) is 1. The molecule has 2 aromatic rings. The molecule has 1 N–H and O–H groups in total. The van der Waals surface area contributed by atoms with Crippen LogP contribution in [0.15, 0.2) is 42.5 Å². The van der Waals surface area contributed by atoms with E-state index >= 15 is 0 Å². The Labute approximate surface area is 113 Å². The van der Waals surface area contributed by atoms with Crippen LogP contribution in [0.2, 0.25) is 0 Å². The Morgan fingerprint density at radius 3 is 2.30 bits per heavy atom. The highest BCUT2D eigenvalue weighted by atomic mass is 19.2. The van der Waals surface area contributed by atoms with Crippen LogP contribution in [0.25, 0.3) is 0 Å². The van der Waals surface area contributed by atoms with Crippen LogP contribution in [0.3, 0.4) is 0 Å². The number of carboxylic acid groups (broad SMARTS) is 1. The van der Waals surface area contributed by atoms with E-state index in [-0.39, 0.29) is 23.1 Å². The third-order valence-corrected chi connectivity index (χ3v) is 2.85. The highest BCUT2D eigenvalue weighted by Gasteiger charge is 2.18. The van der Waals surface area contributed by atoms with Gasteiger partial charge in [0.25, 0.3) is 0 Å². The highest BCUT2D eigenvalue weighted by Crippen LogP contribution is 2.16. The maximum Gasteiger partial charge on any atom is 0.335 e. The molecule has 0 unspecified atom stereocenters. The fraction of sp³-hybridized carbons (Fsp3) is 0.0667. The van der Waals surface area contributed by atoms with Gasteiger partial charge in [-0.1, -0.05) is 24.3 Å². The molecule has 0 fully saturated rings. The summed E-state index contributed by atoms with van der Waals surface area (Å²) in [5.74, 6) is -4.17. The Hall–Kier alpha value is -2.56. The van der Waals surface area contributed by atoms with Crippen LogP contribution in [0.4, 0.5) is 8.78 Å². The summed E-state index contributed by atoms with van der Waals surface area (Å²) in [6.07, 6.45) is -0.303. The van der Waals surface area contributed by atoms with Crippen molar-refractivity contribution in [2.45, 2.75) is 6.42 Å². The maximum absolute atomic E-state index is 13.5. The molecule has 0 aliphatic carbocycles. The number of hydrogen-bond donors (Lipinski definition) is 1. The van der Waals surface area contributed by atoms with Crippen molar-refractivity contribution in [1.29, 1.82) is 0 Å². The number of carbonyl (C=O) groups excluding carboxylic acids is 1. The first-order chi connectivity index (χ1) is 9.50. The largest absolute Gasteiger partial charge is 0.478 e. The third kappa shape index (κ3) is 2.71. The summed E-state index contributed by atoms with van der Waals surface area (Å²) < 4.78 is 26.6. The van der Waals surface area contributed by atoms with Gasteiger partial charge in [0.15, 0.2) is 17.4 Å². The van der Waals surface area contributed by atoms with E-state index < -0.39 is 23.4 Å². The molecule has 20 heavy (non-hydrogen) atoms. The SMILES string of the molecule is O=C(O)c1ccccc1CC(=O)c1cccc(F)c1F. The second-order valence-corrected chi connectivity index (χ2v) is 4.16. The Bertz CT molecular complexity index is 681. The minimum Gasteiger partial charge on any atom is -0.478 e. The van der Waals surface area contributed by atoms with Crippen LogP contribution >= 0.6 is 0 Å². The van der Waals surface area contributed by atoms with E-state index in [4.69, 9.17) is 5.11 Å². The molecule has 5 heteroatoms. The molecule has 102 valence electrons. The van der Waals surface area contributed by atoms with E-state index in [1.807, 2.05) is 0 Å². The summed E-state index contributed by atoms with van der Waals surface area (Å²) in [4.78, 5) is 23.0. The summed E-state index contributed by atoms with van der Waals surface area (Å²) in [7, 11) is 0. The zero-order valence-electron chi connectivity index (χ0n) is 10.3. The quantitative estimate of drug-likeness (QED) is 0.873. The molecule has 0 atom stereocenters. The van der Waals surface area contributed by atoms with Crippen LogP contribution in [0, 0.1) is 11.6 Å². The summed E-state index contributed by atoms with van der Waals surface area (Å²) in [6, 6.07) is 9.25. The van der Waals surface area contributed by atoms with Crippen molar-refractivity contribution in [3.63, 3.8) is 0 Å². The van der Waals surface area contributed by atoms with Crippen molar-refractivity contribution in [2.24, 2.45) is 0 Å². The number of hydrogen-bond acceptors (Lipinski definition) is 2. The minimum atomic E-state index is -1.22. The van der Waals surface area contributed by atoms with E-state index in [1.165, 1.54) is 30.3 Å². The fourth-order valence-corrected chi connectivity index (χ4v) is 1.87. The summed E-state index contributed by atoms with van der Waals surface area (Å²) >= 11 is 0. The summed E-state index contributed by atoms with van der Waals surface area (Å²) in [6.45, 7) is 0. The zero-order valence-corrected chi connectivity index (χ0v) is 10.3. The summed E-state index contributed by atoms with van der Waals surface area (Å²) in [5.41, 5.74) is -0.156. The van der Waals surface area contributed by atoms with E-state index in [9.17, 15) is 18.4 Å². The minimum absolute atomic E-state index is 0.0299. The molecule has 0 aromatic heterocycles. The molecule has 0 amide bonds. The van der Waals surface area contributed by atoms with Gasteiger partial charge in [0.05, 0.1) is 11.1 Å². The zero-order chi connectivity index (χ0) is 14.7. The van der Waals surface area contributed by atoms with Gasteiger partial charge >= 0.3 is 5.97 Å². The van der Waals surface area contributed by atoms with Crippen molar-refractivity contribution in [2.75, 3.05) is 0 Å². The monoisotopic (exact) mass is 276 g/mol. The average Bonchev–Trinajstić information content (AvgIpc) is 2.42. The van der Waals surface area contributed by atoms with E-state index in [1.54, 1.807) is 6.07 Å². The Morgan fingerprint density at radius 2 is 1.60 bits per heavy atom. The molecule has 2 aromatic carbocycles. The second-order valence-electron chi connectivity index (χ2n) is 4.16. The number of halogens is 2. The normalized spacial score (nSPS) is 10.3. The molecule has 0 spiro atoms. The van der Waals surface area contributed by atoms with Crippen molar-refractivity contribution in [3.8, 4) is 0 Å². The van der Waals surface area contributed by atoms with E-state index in [2.05, 4.69) is 0 Å². The molecule has 3 nitrogen and oxygen atoms in total. The first-order valence-electron chi connectivity index (χ1n) is 5.79. The van der Waals surface area contributed by atoms with Crippen LogP contribution in [0.5, 0.6) is 0 Å². The predicted molar refractivity (Wildman–Crippen MR) is 67.8 cm³/mol. The standard InChI is InChI=1S/C15H10F2O3/c16-12-7-3-6-11(14(12)17)13(18)8-9-4-1-2-5-10(9)15(19)20/h1-7H,8H2,(H,19,20). The van der Waals surface area contributed by atoms with Gasteiger partial charge in [-0.05, 0) is 23.8 Å². The first kappa shape index (κ1) is 13.9. The number of ketones is 1. The van der Waals surface area contributed by atoms with Gasteiger partial charge in [-0.25, -0.2) is 13.6 Å². The van der Waals surface area contributed by atoms with Crippen molar-refractivity contribution < 1.29 is 23.5 Å². The predicted octanol–water partition coefficient (Wildman–Crippen LogP) is 3.09. The van der Waals surface area contributed by atoms with Gasteiger partial charge in [-0.3, -0.25) is 4.79 Å². The lowest BCUT2D eigenvalue weighted by Gasteiger charge is -2.06. The van der Waals surface area contributed by atoms with Crippen LogP contribution in [-0.2, 0) is 6.42 Å². The molecule has 0 saturated carbocycles. The van der Waals surface area contributed by atoms with Gasteiger partial charge in [0, 0.05) is 6.42 Å². The molecule has 0 saturated heterocycles. The lowest BCUT2D eigenvalue weighted by atomic mass is 9.98. The van der Waals surface area contributed by atoms with Crippen molar-refractivity contribution in [1.82, 2.24) is 0 Å². The first-order valence-corrected chi connectivity index (χ1v) is 5.79. The maximum atomic E-state index is 13.5. The lowest BCUT2D eigenvalue weighted by molar-refractivity contribution is 0.0696. The number of carbonyl (C=O) groups is 2. The molecule has 0 aliphatic heterocycles. The van der Waals surface area contributed by atoms with Gasteiger partial charge < -0.3 is 5.11 Å². The Kier molecular flexibility index (Phi) is 3.89. The van der Waals surface area contributed by atoms with Gasteiger partial charge in [-0.15, -0.1) is 0 Å². The van der Waals surface area contributed by atoms with Crippen molar-refractivity contribution in [3.05, 3.63) is 70.8 Å². The van der Waals surface area contributed by atoms with Gasteiger partial charge in [0.1, 0.15) is 0 Å². The number of carboxylic acids is 1. The number of aromatic carboxylic acids is 1. The molecular formula is C15H10F2O3. The number of benzene rings is 2. The van der Waals surface area contributed by atoms with Gasteiger partial charge in [0.2, 0.25) is 0 Å².